The molecule has 0 aliphatic heterocycles. The molecule has 3 rings (SSSR count). The minimum atomic E-state index is -4.00. The van der Waals surface area contributed by atoms with Gasteiger partial charge in [-0.3, -0.25) is 4.55 Å². The average Bonchev–Trinajstić information content (AvgIpc) is 2.64. The number of amidine groups is 1. The van der Waals surface area contributed by atoms with E-state index in [0.717, 1.165) is 11.3 Å². The van der Waals surface area contributed by atoms with Gasteiger partial charge in [0, 0.05) is 5.56 Å². The third kappa shape index (κ3) is 6.21. The Labute approximate surface area is 147 Å². The molecule has 3 N–H and O–H groups in total. The molecule has 0 saturated carbocycles. The molecule has 0 atom stereocenters. The quantitative estimate of drug-likeness (QED) is 0.426. The van der Waals surface area contributed by atoms with Crippen LogP contribution in [0.15, 0.2) is 101 Å². The van der Waals surface area contributed by atoms with E-state index in [2.05, 4.69) is 4.99 Å². The van der Waals surface area contributed by atoms with Crippen LogP contribution in [0, 0.1) is 0 Å². The first kappa shape index (κ1) is 18.4. The average molecular weight is 354 g/mol. The van der Waals surface area contributed by atoms with Gasteiger partial charge in [0.2, 0.25) is 0 Å². The largest absolute Gasteiger partial charge is 0.383 e. The maximum atomic E-state index is 10.4. The van der Waals surface area contributed by atoms with Gasteiger partial charge in [-0.05, 0) is 24.3 Å². The van der Waals surface area contributed by atoms with E-state index in [0.29, 0.717) is 5.84 Å². The van der Waals surface area contributed by atoms with Crippen LogP contribution in [0.3, 0.4) is 0 Å². The Morgan fingerprint density at radius 1 is 0.760 bits per heavy atom. The molecule has 0 aliphatic carbocycles. The first-order valence-corrected chi connectivity index (χ1v) is 8.88. The summed E-state index contributed by atoms with van der Waals surface area (Å²) < 4.78 is 29.2. The fraction of sp³-hybridized carbons (Fsp3) is 0. The van der Waals surface area contributed by atoms with Gasteiger partial charge in [0.1, 0.15) is 5.84 Å². The Bertz CT molecular complexity index is 911. The van der Waals surface area contributed by atoms with E-state index in [1.165, 1.54) is 12.1 Å². The van der Waals surface area contributed by atoms with E-state index < -0.39 is 10.1 Å². The van der Waals surface area contributed by atoms with E-state index >= 15 is 0 Å². The second kappa shape index (κ2) is 8.77. The number of benzene rings is 3. The molecule has 0 spiro atoms. The highest BCUT2D eigenvalue weighted by atomic mass is 32.2. The molecule has 3 aromatic carbocycles. The molecule has 0 aromatic heterocycles. The van der Waals surface area contributed by atoms with Crippen molar-refractivity contribution in [1.29, 1.82) is 0 Å². The van der Waals surface area contributed by atoms with Crippen molar-refractivity contribution in [3.63, 3.8) is 0 Å². The normalized spacial score (nSPS) is 11.3. The fourth-order valence-electron chi connectivity index (χ4n) is 1.91. The first-order valence-electron chi connectivity index (χ1n) is 7.44. The molecular weight excluding hydrogens is 336 g/mol. The smallest absolute Gasteiger partial charge is 0.294 e. The standard InChI is InChI=1S/C13H12N2.C6H6O3S/c14-13(11-7-3-1-4-8-11)15-12-9-5-2-6-10-12;7-10(8,9)6-4-2-1-3-5-6/h1-10H,(H2,14,15);1-5H,(H,7,8,9). The zero-order chi connectivity index (χ0) is 18.1. The van der Waals surface area contributed by atoms with Crippen molar-refractivity contribution in [2.75, 3.05) is 0 Å². The van der Waals surface area contributed by atoms with E-state index in [1.54, 1.807) is 18.2 Å². The molecule has 0 heterocycles. The van der Waals surface area contributed by atoms with Crippen LogP contribution in [-0.4, -0.2) is 18.8 Å². The summed E-state index contributed by atoms with van der Waals surface area (Å²) in [5.41, 5.74) is 7.70. The Morgan fingerprint density at radius 3 is 1.64 bits per heavy atom. The molecule has 0 saturated heterocycles. The predicted molar refractivity (Wildman–Crippen MR) is 99.5 cm³/mol. The molecule has 0 aliphatic rings. The van der Waals surface area contributed by atoms with Crippen molar-refractivity contribution in [3.8, 4) is 0 Å². The number of hydrogen-bond donors (Lipinski definition) is 2. The van der Waals surface area contributed by atoms with Gasteiger partial charge in [0.15, 0.2) is 0 Å². The molecule has 25 heavy (non-hydrogen) atoms. The third-order valence-corrected chi connectivity index (χ3v) is 3.98. The van der Waals surface area contributed by atoms with Crippen LogP contribution in [0.1, 0.15) is 5.56 Å². The minimum Gasteiger partial charge on any atom is -0.383 e. The fourth-order valence-corrected chi connectivity index (χ4v) is 2.41. The molecule has 128 valence electrons. The molecular formula is C19H18N2O3S. The van der Waals surface area contributed by atoms with Crippen LogP contribution in [0.4, 0.5) is 5.69 Å². The molecule has 0 bridgehead atoms. The van der Waals surface area contributed by atoms with Crippen molar-refractivity contribution >= 4 is 21.6 Å². The lowest BCUT2D eigenvalue weighted by Gasteiger charge is -2.00. The van der Waals surface area contributed by atoms with Gasteiger partial charge in [-0.25, -0.2) is 4.99 Å². The number of nitrogens with two attached hydrogens (primary N) is 1. The zero-order valence-corrected chi connectivity index (χ0v) is 14.2. The Balaban J connectivity index is 0.000000196. The summed E-state index contributed by atoms with van der Waals surface area (Å²) in [6.07, 6.45) is 0. The van der Waals surface area contributed by atoms with Gasteiger partial charge in [0.05, 0.1) is 10.6 Å². The van der Waals surface area contributed by atoms with Gasteiger partial charge in [-0.15, -0.1) is 0 Å². The van der Waals surface area contributed by atoms with Crippen LogP contribution in [0.2, 0.25) is 0 Å². The van der Waals surface area contributed by atoms with Crippen molar-refractivity contribution in [3.05, 3.63) is 96.6 Å². The summed E-state index contributed by atoms with van der Waals surface area (Å²) in [5, 5.41) is 0. The van der Waals surface area contributed by atoms with Gasteiger partial charge in [-0.1, -0.05) is 66.7 Å². The lowest BCUT2D eigenvalue weighted by molar-refractivity contribution is 0.483. The molecule has 0 radical (unpaired) electrons. The Hall–Kier alpha value is -2.96. The second-order valence-electron chi connectivity index (χ2n) is 4.99. The molecule has 0 unspecified atom stereocenters. The minimum absolute atomic E-state index is 0.0741. The summed E-state index contributed by atoms with van der Waals surface area (Å²) in [4.78, 5) is 4.25. The Morgan fingerprint density at radius 2 is 1.20 bits per heavy atom. The van der Waals surface area contributed by atoms with Crippen molar-refractivity contribution in [2.45, 2.75) is 4.90 Å². The van der Waals surface area contributed by atoms with Crippen molar-refractivity contribution in [2.24, 2.45) is 10.7 Å². The monoisotopic (exact) mass is 354 g/mol. The van der Waals surface area contributed by atoms with E-state index in [-0.39, 0.29) is 4.90 Å². The number of rotatable bonds is 3. The lowest BCUT2D eigenvalue weighted by atomic mass is 10.2. The molecule has 5 nitrogen and oxygen atoms in total. The zero-order valence-electron chi connectivity index (χ0n) is 13.4. The molecule has 0 amide bonds. The molecule has 6 heteroatoms. The van der Waals surface area contributed by atoms with Crippen molar-refractivity contribution < 1.29 is 13.0 Å². The number of para-hydroxylation sites is 1. The van der Waals surface area contributed by atoms with Crippen LogP contribution in [0.25, 0.3) is 0 Å². The van der Waals surface area contributed by atoms with E-state index in [4.69, 9.17) is 10.3 Å². The second-order valence-corrected chi connectivity index (χ2v) is 6.41. The topological polar surface area (TPSA) is 92.8 Å². The summed E-state index contributed by atoms with van der Waals surface area (Å²) >= 11 is 0. The summed E-state index contributed by atoms with van der Waals surface area (Å²) in [5.74, 6) is 0.543. The lowest BCUT2D eigenvalue weighted by Crippen LogP contribution is -2.12. The van der Waals surface area contributed by atoms with E-state index in [1.807, 2.05) is 60.7 Å². The molecule has 0 fully saturated rings. The van der Waals surface area contributed by atoms with E-state index in [9.17, 15) is 8.42 Å². The first-order chi connectivity index (χ1) is 12.0. The SMILES string of the molecule is NC(=Nc1ccccc1)c1ccccc1.O=S(=O)(O)c1ccccc1. The number of aliphatic imine (C=N–C) groups is 1. The summed E-state index contributed by atoms with van der Waals surface area (Å²) in [6, 6.07) is 26.9. The highest BCUT2D eigenvalue weighted by molar-refractivity contribution is 7.85. The summed E-state index contributed by atoms with van der Waals surface area (Å²) in [6.45, 7) is 0. The van der Waals surface area contributed by atoms with Gasteiger partial charge in [0.25, 0.3) is 10.1 Å². The third-order valence-electron chi connectivity index (χ3n) is 3.12. The van der Waals surface area contributed by atoms with Crippen LogP contribution < -0.4 is 5.73 Å². The van der Waals surface area contributed by atoms with Crippen LogP contribution >= 0.6 is 0 Å². The summed E-state index contributed by atoms with van der Waals surface area (Å²) in [7, 11) is -4.00. The van der Waals surface area contributed by atoms with Gasteiger partial charge >= 0.3 is 0 Å². The van der Waals surface area contributed by atoms with Crippen molar-refractivity contribution in [1.82, 2.24) is 0 Å². The Kier molecular flexibility index (Phi) is 6.45. The highest BCUT2D eigenvalue weighted by Crippen LogP contribution is 2.11. The van der Waals surface area contributed by atoms with Crippen LogP contribution in [-0.2, 0) is 10.1 Å². The number of hydrogen-bond acceptors (Lipinski definition) is 3. The number of nitrogens with zero attached hydrogens (tertiary/aromatic N) is 1. The predicted octanol–water partition coefficient (Wildman–Crippen LogP) is 3.66. The maximum absolute atomic E-state index is 10.4. The maximum Gasteiger partial charge on any atom is 0.294 e. The van der Waals surface area contributed by atoms with Gasteiger partial charge < -0.3 is 5.73 Å². The molecule has 3 aromatic rings. The van der Waals surface area contributed by atoms with Crippen LogP contribution in [0.5, 0.6) is 0 Å². The van der Waals surface area contributed by atoms with Gasteiger partial charge in [-0.2, -0.15) is 8.42 Å². The highest BCUT2D eigenvalue weighted by Gasteiger charge is 2.05.